The van der Waals surface area contributed by atoms with Gasteiger partial charge in [0.05, 0.1) is 13.2 Å². The van der Waals surface area contributed by atoms with Gasteiger partial charge >= 0.3 is 0 Å². The van der Waals surface area contributed by atoms with Crippen LogP contribution in [0.25, 0.3) is 0 Å². The lowest BCUT2D eigenvalue weighted by molar-refractivity contribution is -0.121. The van der Waals surface area contributed by atoms with Crippen LogP contribution in [0, 0.1) is 6.92 Å². The number of anilines is 1. The van der Waals surface area contributed by atoms with Crippen molar-refractivity contribution in [3.05, 3.63) is 57.5 Å². The number of amides is 1. The van der Waals surface area contributed by atoms with Gasteiger partial charge in [0.1, 0.15) is 0 Å². The Morgan fingerprint density at radius 2 is 2.00 bits per heavy atom. The van der Waals surface area contributed by atoms with E-state index in [1.165, 1.54) is 5.56 Å². The van der Waals surface area contributed by atoms with Crippen LogP contribution in [0.5, 0.6) is 0 Å². The SMILES string of the molecule is Cc1nc(N2CCOCC2)[nH]c(=O)c1CCC(=O)NCC(C)c1ccccc1. The number of H-pyrrole nitrogens is 1. The molecule has 28 heavy (non-hydrogen) atoms. The monoisotopic (exact) mass is 384 g/mol. The van der Waals surface area contributed by atoms with Crippen LogP contribution in [-0.4, -0.2) is 48.7 Å². The minimum atomic E-state index is -0.167. The normalized spacial score (nSPS) is 15.3. The topological polar surface area (TPSA) is 87.3 Å². The first-order valence-corrected chi connectivity index (χ1v) is 9.78. The molecule has 1 unspecified atom stereocenters. The Bertz CT molecular complexity index is 844. The molecule has 0 aliphatic carbocycles. The number of aromatic nitrogens is 2. The number of aromatic amines is 1. The maximum absolute atomic E-state index is 12.5. The van der Waals surface area contributed by atoms with E-state index in [1.54, 1.807) is 0 Å². The number of carbonyl (C=O) groups is 1. The first-order chi connectivity index (χ1) is 13.5. The molecule has 1 aromatic carbocycles. The average molecular weight is 384 g/mol. The van der Waals surface area contributed by atoms with Crippen LogP contribution in [0.1, 0.15) is 36.1 Å². The van der Waals surface area contributed by atoms with E-state index in [0.717, 1.165) is 0 Å². The molecule has 7 heteroatoms. The molecule has 0 saturated carbocycles. The van der Waals surface area contributed by atoms with E-state index in [1.807, 2.05) is 30.0 Å². The summed E-state index contributed by atoms with van der Waals surface area (Å²) in [6.45, 7) is 7.17. The van der Waals surface area contributed by atoms with Gasteiger partial charge in [-0.2, -0.15) is 0 Å². The summed E-state index contributed by atoms with van der Waals surface area (Å²) in [6, 6.07) is 10.1. The van der Waals surface area contributed by atoms with E-state index in [-0.39, 0.29) is 23.8 Å². The number of aryl methyl sites for hydroxylation is 1. The van der Waals surface area contributed by atoms with Gasteiger partial charge in [0.25, 0.3) is 5.56 Å². The van der Waals surface area contributed by atoms with E-state index < -0.39 is 0 Å². The Hall–Kier alpha value is -2.67. The van der Waals surface area contributed by atoms with Crippen molar-refractivity contribution < 1.29 is 9.53 Å². The molecule has 2 aromatic rings. The molecule has 3 rings (SSSR count). The van der Waals surface area contributed by atoms with E-state index in [0.29, 0.717) is 56.5 Å². The molecule has 2 heterocycles. The summed E-state index contributed by atoms with van der Waals surface area (Å²) in [7, 11) is 0. The third-order valence-corrected chi connectivity index (χ3v) is 5.10. The molecule has 1 amide bonds. The lowest BCUT2D eigenvalue weighted by Gasteiger charge is -2.27. The van der Waals surface area contributed by atoms with Crippen LogP contribution >= 0.6 is 0 Å². The maximum atomic E-state index is 12.5. The fourth-order valence-corrected chi connectivity index (χ4v) is 3.31. The van der Waals surface area contributed by atoms with Gasteiger partial charge in [-0.3, -0.25) is 14.6 Å². The number of hydrogen-bond donors (Lipinski definition) is 2. The highest BCUT2D eigenvalue weighted by atomic mass is 16.5. The molecule has 1 aliphatic rings. The number of rotatable bonds is 7. The second kappa shape index (κ2) is 9.50. The smallest absolute Gasteiger partial charge is 0.255 e. The third-order valence-electron chi connectivity index (χ3n) is 5.10. The number of nitrogens with one attached hydrogen (secondary N) is 2. The Kier molecular flexibility index (Phi) is 6.81. The summed E-state index contributed by atoms with van der Waals surface area (Å²) >= 11 is 0. The van der Waals surface area contributed by atoms with Crippen molar-refractivity contribution in [3.63, 3.8) is 0 Å². The fraction of sp³-hybridized carbons (Fsp3) is 0.476. The molecule has 7 nitrogen and oxygen atoms in total. The summed E-state index contributed by atoms with van der Waals surface area (Å²) in [6.07, 6.45) is 0.646. The summed E-state index contributed by atoms with van der Waals surface area (Å²) in [5.74, 6) is 0.763. The average Bonchev–Trinajstić information content (AvgIpc) is 2.72. The zero-order chi connectivity index (χ0) is 19.9. The number of ether oxygens (including phenoxy) is 1. The first-order valence-electron chi connectivity index (χ1n) is 9.78. The number of hydrogen-bond acceptors (Lipinski definition) is 5. The van der Waals surface area contributed by atoms with Crippen LogP contribution in [-0.2, 0) is 16.0 Å². The predicted molar refractivity (Wildman–Crippen MR) is 109 cm³/mol. The van der Waals surface area contributed by atoms with Gasteiger partial charge in [-0.1, -0.05) is 37.3 Å². The molecular weight excluding hydrogens is 356 g/mol. The minimum absolute atomic E-state index is 0.0566. The van der Waals surface area contributed by atoms with E-state index in [4.69, 9.17) is 4.74 Å². The first kappa shape index (κ1) is 20.1. The molecule has 1 fully saturated rings. The summed E-state index contributed by atoms with van der Waals surface area (Å²) in [5, 5.41) is 2.96. The number of benzene rings is 1. The van der Waals surface area contributed by atoms with Gasteiger partial charge in [0.2, 0.25) is 11.9 Å². The number of carbonyl (C=O) groups excluding carboxylic acids is 1. The molecule has 150 valence electrons. The largest absolute Gasteiger partial charge is 0.378 e. The highest BCUT2D eigenvalue weighted by Crippen LogP contribution is 2.14. The molecule has 1 saturated heterocycles. The molecule has 1 aromatic heterocycles. The van der Waals surface area contributed by atoms with Crippen LogP contribution in [0.2, 0.25) is 0 Å². The molecule has 0 bridgehead atoms. The Balaban J connectivity index is 1.53. The minimum Gasteiger partial charge on any atom is -0.378 e. The highest BCUT2D eigenvalue weighted by molar-refractivity contribution is 5.76. The van der Waals surface area contributed by atoms with Crippen molar-refractivity contribution in [1.29, 1.82) is 0 Å². The summed E-state index contributed by atoms with van der Waals surface area (Å²) < 4.78 is 5.33. The van der Waals surface area contributed by atoms with Gasteiger partial charge in [-0.25, -0.2) is 4.98 Å². The molecular formula is C21H28N4O3. The lowest BCUT2D eigenvalue weighted by atomic mass is 10.0. The van der Waals surface area contributed by atoms with Crippen molar-refractivity contribution in [2.75, 3.05) is 37.7 Å². The second-order valence-corrected chi connectivity index (χ2v) is 7.17. The Labute approximate surface area is 165 Å². The standard InChI is InChI=1S/C21H28N4O3/c1-15(17-6-4-3-5-7-17)14-22-19(26)9-8-18-16(2)23-21(24-20(18)27)25-10-12-28-13-11-25/h3-7,15H,8-14H2,1-2H3,(H,22,26)(H,23,24,27). The third kappa shape index (κ3) is 5.19. The molecule has 2 N–H and O–H groups in total. The number of morpholine rings is 1. The lowest BCUT2D eigenvalue weighted by Crippen LogP contribution is -2.38. The van der Waals surface area contributed by atoms with Gasteiger partial charge in [-0.15, -0.1) is 0 Å². The molecule has 1 atom stereocenters. The molecule has 0 spiro atoms. The van der Waals surface area contributed by atoms with E-state index in [2.05, 4.69) is 34.3 Å². The van der Waals surface area contributed by atoms with Gasteiger partial charge in [0, 0.05) is 37.3 Å². The van der Waals surface area contributed by atoms with Crippen molar-refractivity contribution >= 4 is 11.9 Å². The zero-order valence-corrected chi connectivity index (χ0v) is 16.5. The van der Waals surface area contributed by atoms with Gasteiger partial charge in [0.15, 0.2) is 0 Å². The van der Waals surface area contributed by atoms with Crippen molar-refractivity contribution in [2.45, 2.75) is 32.6 Å². The molecule has 0 radical (unpaired) electrons. The van der Waals surface area contributed by atoms with Crippen molar-refractivity contribution in [1.82, 2.24) is 15.3 Å². The Morgan fingerprint density at radius 3 is 2.68 bits per heavy atom. The number of nitrogens with zero attached hydrogens (tertiary/aromatic N) is 2. The van der Waals surface area contributed by atoms with Gasteiger partial charge in [-0.05, 0) is 24.8 Å². The van der Waals surface area contributed by atoms with Crippen LogP contribution in [0.3, 0.4) is 0 Å². The quantitative estimate of drug-likeness (QED) is 0.760. The Morgan fingerprint density at radius 1 is 1.29 bits per heavy atom. The van der Waals surface area contributed by atoms with E-state index in [9.17, 15) is 9.59 Å². The van der Waals surface area contributed by atoms with Crippen molar-refractivity contribution in [2.24, 2.45) is 0 Å². The predicted octanol–water partition coefficient (Wildman–Crippen LogP) is 1.77. The van der Waals surface area contributed by atoms with Crippen LogP contribution in [0.4, 0.5) is 5.95 Å². The highest BCUT2D eigenvalue weighted by Gasteiger charge is 2.17. The second-order valence-electron chi connectivity index (χ2n) is 7.17. The fourth-order valence-electron chi connectivity index (χ4n) is 3.31. The van der Waals surface area contributed by atoms with Crippen LogP contribution in [0.15, 0.2) is 35.1 Å². The van der Waals surface area contributed by atoms with Crippen molar-refractivity contribution in [3.8, 4) is 0 Å². The van der Waals surface area contributed by atoms with E-state index >= 15 is 0 Å². The van der Waals surface area contributed by atoms with Crippen LogP contribution < -0.4 is 15.8 Å². The zero-order valence-electron chi connectivity index (χ0n) is 16.5. The summed E-state index contributed by atoms with van der Waals surface area (Å²) in [4.78, 5) is 34.1. The maximum Gasteiger partial charge on any atom is 0.255 e. The molecule has 1 aliphatic heterocycles. The summed E-state index contributed by atoms with van der Waals surface area (Å²) in [5.41, 5.74) is 2.27. The van der Waals surface area contributed by atoms with Gasteiger partial charge < -0.3 is 15.0 Å².